The molecule has 0 N–H and O–H groups in total. The van der Waals surface area contributed by atoms with Crippen LogP contribution in [0, 0.1) is 0 Å². The van der Waals surface area contributed by atoms with Gasteiger partial charge in [0.25, 0.3) is 0 Å². The Balaban J connectivity index is 2.43. The van der Waals surface area contributed by atoms with Gasteiger partial charge in [-0.3, -0.25) is 19.2 Å². The molecule has 0 aliphatic carbocycles. The third kappa shape index (κ3) is 7.71. The van der Waals surface area contributed by atoms with E-state index in [0.29, 0.717) is 5.02 Å². The molecular formula is C20H23ClO9S. The molecule has 11 heteroatoms. The van der Waals surface area contributed by atoms with Gasteiger partial charge < -0.3 is 23.7 Å². The second-order valence-electron chi connectivity index (χ2n) is 6.64. The summed E-state index contributed by atoms with van der Waals surface area (Å²) in [6.07, 6.45) is -4.45. The summed E-state index contributed by atoms with van der Waals surface area (Å²) in [6.45, 7) is 4.49. The molecule has 0 radical (unpaired) electrons. The molecule has 1 aromatic rings. The van der Waals surface area contributed by atoms with Crippen LogP contribution in [0.3, 0.4) is 0 Å². The molecule has 31 heavy (non-hydrogen) atoms. The standard InChI is InChI=1S/C20H23ClO9S/c1-10(22)26-9-16-17(27-11(2)23)18(28-12(3)24)19(29-13(4)25)20(30-16)31-15-7-5-14(21)6-8-15/h5-8,16-20H,9H2,1-4H3/t16?,17-,18?,19?,20+/m1/s1. The van der Waals surface area contributed by atoms with E-state index >= 15 is 0 Å². The molecular weight excluding hydrogens is 452 g/mol. The maximum Gasteiger partial charge on any atom is 0.303 e. The lowest BCUT2D eigenvalue weighted by atomic mass is 9.99. The van der Waals surface area contributed by atoms with Crippen LogP contribution in [0.2, 0.25) is 5.02 Å². The van der Waals surface area contributed by atoms with E-state index in [1.807, 2.05) is 0 Å². The summed E-state index contributed by atoms with van der Waals surface area (Å²) < 4.78 is 27.2. The number of benzene rings is 1. The van der Waals surface area contributed by atoms with Gasteiger partial charge in [0.1, 0.15) is 18.1 Å². The SMILES string of the molecule is CC(=O)OCC1O[C@@H](Sc2ccc(Cl)cc2)C(OC(C)=O)C(OC(C)=O)[C@@H]1OC(C)=O. The van der Waals surface area contributed by atoms with Crippen LogP contribution in [0.5, 0.6) is 0 Å². The summed E-state index contributed by atoms with van der Waals surface area (Å²) in [4.78, 5) is 47.4. The monoisotopic (exact) mass is 474 g/mol. The van der Waals surface area contributed by atoms with Gasteiger partial charge in [-0.05, 0) is 24.3 Å². The minimum Gasteiger partial charge on any atom is -0.463 e. The summed E-state index contributed by atoms with van der Waals surface area (Å²) in [7, 11) is 0. The second kappa shape index (κ2) is 11.4. The maximum atomic E-state index is 11.8. The van der Waals surface area contributed by atoms with Crippen molar-refractivity contribution in [3.05, 3.63) is 29.3 Å². The first-order valence-corrected chi connectivity index (χ1v) is 10.5. The van der Waals surface area contributed by atoms with Crippen LogP contribution in [0.1, 0.15) is 27.7 Å². The molecule has 0 aromatic heterocycles. The third-order valence-electron chi connectivity index (χ3n) is 4.01. The Morgan fingerprint density at radius 1 is 0.839 bits per heavy atom. The van der Waals surface area contributed by atoms with Gasteiger partial charge in [0.05, 0.1) is 0 Å². The van der Waals surface area contributed by atoms with Crippen LogP contribution < -0.4 is 0 Å². The lowest BCUT2D eigenvalue weighted by molar-refractivity contribution is -0.237. The predicted molar refractivity (Wildman–Crippen MR) is 109 cm³/mol. The molecule has 0 bridgehead atoms. The van der Waals surface area contributed by atoms with Gasteiger partial charge in [0.2, 0.25) is 0 Å². The van der Waals surface area contributed by atoms with Gasteiger partial charge in [0.15, 0.2) is 18.3 Å². The molecule has 0 amide bonds. The lowest BCUT2D eigenvalue weighted by Crippen LogP contribution is -2.61. The fourth-order valence-corrected chi connectivity index (χ4v) is 4.16. The van der Waals surface area contributed by atoms with Gasteiger partial charge >= 0.3 is 23.9 Å². The van der Waals surface area contributed by atoms with E-state index in [1.54, 1.807) is 24.3 Å². The molecule has 3 unspecified atom stereocenters. The number of carbonyl (C=O) groups is 4. The highest BCUT2D eigenvalue weighted by Crippen LogP contribution is 2.37. The maximum absolute atomic E-state index is 11.8. The molecule has 0 saturated carbocycles. The quantitative estimate of drug-likeness (QED) is 0.431. The number of hydrogen-bond donors (Lipinski definition) is 0. The Bertz CT molecular complexity index is 813. The Labute approximate surface area is 188 Å². The Hall–Kier alpha value is -2.30. The number of halogens is 1. The second-order valence-corrected chi connectivity index (χ2v) is 8.25. The zero-order valence-corrected chi connectivity index (χ0v) is 18.9. The number of thioether (sulfide) groups is 1. The minimum absolute atomic E-state index is 0.268. The van der Waals surface area contributed by atoms with Gasteiger partial charge in [-0.15, -0.1) is 0 Å². The van der Waals surface area contributed by atoms with Crippen molar-refractivity contribution in [1.29, 1.82) is 0 Å². The molecule has 0 spiro atoms. The third-order valence-corrected chi connectivity index (χ3v) is 5.42. The molecule has 1 aromatic carbocycles. The molecule has 1 heterocycles. The fraction of sp³-hybridized carbons (Fsp3) is 0.500. The number of ether oxygens (including phenoxy) is 5. The highest BCUT2D eigenvalue weighted by atomic mass is 35.5. The smallest absolute Gasteiger partial charge is 0.303 e. The molecule has 1 aliphatic heterocycles. The minimum atomic E-state index is -1.19. The Morgan fingerprint density at radius 2 is 1.35 bits per heavy atom. The average molecular weight is 475 g/mol. The molecule has 170 valence electrons. The van der Waals surface area contributed by atoms with Crippen molar-refractivity contribution in [2.75, 3.05) is 6.61 Å². The van der Waals surface area contributed by atoms with E-state index in [1.165, 1.54) is 39.5 Å². The van der Waals surface area contributed by atoms with E-state index < -0.39 is 53.7 Å². The number of esters is 4. The van der Waals surface area contributed by atoms with Crippen molar-refractivity contribution in [2.45, 2.75) is 62.4 Å². The summed E-state index contributed by atoms with van der Waals surface area (Å²) >= 11 is 7.11. The molecule has 1 aliphatic rings. The lowest BCUT2D eigenvalue weighted by Gasteiger charge is -2.44. The fourth-order valence-electron chi connectivity index (χ4n) is 2.93. The van der Waals surface area contributed by atoms with E-state index in [9.17, 15) is 19.2 Å². The zero-order valence-electron chi connectivity index (χ0n) is 17.4. The van der Waals surface area contributed by atoms with E-state index in [0.717, 1.165) is 4.90 Å². The molecule has 5 atom stereocenters. The molecule has 9 nitrogen and oxygen atoms in total. The van der Waals surface area contributed by atoms with Crippen molar-refractivity contribution in [2.24, 2.45) is 0 Å². The summed E-state index contributed by atoms with van der Waals surface area (Å²) in [5.41, 5.74) is -0.873. The summed E-state index contributed by atoms with van der Waals surface area (Å²) in [6, 6.07) is 6.83. The summed E-state index contributed by atoms with van der Waals surface area (Å²) in [5.74, 6) is -2.57. The van der Waals surface area contributed by atoms with E-state index in [4.69, 9.17) is 35.3 Å². The topological polar surface area (TPSA) is 114 Å². The van der Waals surface area contributed by atoms with Crippen LogP contribution in [-0.2, 0) is 42.9 Å². The van der Waals surface area contributed by atoms with Crippen molar-refractivity contribution in [3.8, 4) is 0 Å². The molecule has 2 rings (SSSR count). The van der Waals surface area contributed by atoms with Crippen LogP contribution in [0.4, 0.5) is 0 Å². The van der Waals surface area contributed by atoms with Crippen LogP contribution in [0.15, 0.2) is 29.2 Å². The van der Waals surface area contributed by atoms with Gasteiger partial charge in [-0.2, -0.15) is 0 Å². The van der Waals surface area contributed by atoms with Crippen LogP contribution in [0.25, 0.3) is 0 Å². The summed E-state index contributed by atoms with van der Waals surface area (Å²) in [5, 5.41) is 0.533. The van der Waals surface area contributed by atoms with Crippen LogP contribution >= 0.6 is 23.4 Å². The molecule has 1 fully saturated rings. The van der Waals surface area contributed by atoms with Crippen molar-refractivity contribution >= 4 is 47.2 Å². The van der Waals surface area contributed by atoms with Gasteiger partial charge in [-0.25, -0.2) is 0 Å². The van der Waals surface area contributed by atoms with E-state index in [2.05, 4.69) is 0 Å². The number of rotatable bonds is 7. The van der Waals surface area contributed by atoms with Gasteiger partial charge in [-0.1, -0.05) is 23.4 Å². The van der Waals surface area contributed by atoms with E-state index in [-0.39, 0.29) is 6.61 Å². The molecule has 1 saturated heterocycles. The highest BCUT2D eigenvalue weighted by molar-refractivity contribution is 7.99. The first-order chi connectivity index (χ1) is 14.6. The Kier molecular flexibility index (Phi) is 9.15. The first-order valence-electron chi connectivity index (χ1n) is 9.29. The first kappa shape index (κ1) is 25.0. The predicted octanol–water partition coefficient (Wildman–Crippen LogP) is 2.52. The van der Waals surface area contributed by atoms with Crippen LogP contribution in [-0.4, -0.2) is 60.3 Å². The normalized spacial score (nSPS) is 25.3. The van der Waals surface area contributed by atoms with Gasteiger partial charge in [0, 0.05) is 37.6 Å². The van der Waals surface area contributed by atoms with Crippen molar-refractivity contribution in [3.63, 3.8) is 0 Å². The number of hydrogen-bond acceptors (Lipinski definition) is 10. The van der Waals surface area contributed by atoms with Crippen molar-refractivity contribution < 1.29 is 42.9 Å². The van der Waals surface area contributed by atoms with Crippen molar-refractivity contribution in [1.82, 2.24) is 0 Å². The average Bonchev–Trinajstić information content (AvgIpc) is 2.65. The zero-order chi connectivity index (χ0) is 23.1. The highest BCUT2D eigenvalue weighted by Gasteiger charge is 2.52. The Morgan fingerprint density at radius 3 is 1.87 bits per heavy atom. The number of carbonyl (C=O) groups excluding carboxylic acids is 4. The largest absolute Gasteiger partial charge is 0.463 e.